The Morgan fingerprint density at radius 1 is 0.868 bits per heavy atom. The average molecular weight is 549 g/mol. The molecule has 3 aromatic carbocycles. The fourth-order valence-electron chi connectivity index (χ4n) is 4.42. The fraction of sp³-hybridized carbons (Fsp3) is 0.357. The van der Waals surface area contributed by atoms with Gasteiger partial charge in [0.2, 0.25) is 0 Å². The van der Waals surface area contributed by atoms with Crippen LogP contribution >= 0.6 is 0 Å². The third-order valence-electron chi connectivity index (χ3n) is 6.38. The first-order valence-corrected chi connectivity index (χ1v) is 14.0. The minimum atomic E-state index is -5.52. The van der Waals surface area contributed by atoms with Gasteiger partial charge in [0.1, 0.15) is 11.9 Å². The average Bonchev–Trinajstić information content (AvgIpc) is 2.91. The zero-order chi connectivity index (χ0) is 27.0. The molecule has 0 aromatic heterocycles. The van der Waals surface area contributed by atoms with Crippen LogP contribution in [0.3, 0.4) is 0 Å². The smallest absolute Gasteiger partial charge is 0.491 e. The number of nitrogens with one attached hydrogen (secondary N) is 1. The van der Waals surface area contributed by atoms with Crippen LogP contribution in [-0.4, -0.2) is 51.2 Å². The number of sulfonamides is 1. The number of nitrogens with zero attached hydrogens (tertiary/aromatic N) is 1. The summed E-state index contributed by atoms with van der Waals surface area (Å²) in [6.45, 7) is 2.72. The van der Waals surface area contributed by atoms with Crippen LogP contribution in [0.1, 0.15) is 36.5 Å². The largest absolute Gasteiger partial charge is 0.516 e. The van der Waals surface area contributed by atoms with E-state index in [0.717, 1.165) is 43.6 Å². The Morgan fingerprint density at radius 3 is 2.00 bits per heavy atom. The van der Waals surface area contributed by atoms with Crippen molar-refractivity contribution in [2.75, 3.05) is 31.0 Å². The van der Waals surface area contributed by atoms with Gasteiger partial charge < -0.3 is 14.4 Å². The third kappa shape index (κ3) is 7.49. The molecule has 0 aliphatic carbocycles. The lowest BCUT2D eigenvalue weighted by molar-refractivity contribution is -0.0429. The quantitative estimate of drug-likeness (QED) is 0.298. The maximum atomic E-state index is 12.7. The Hall–Kier alpha value is -3.08. The van der Waals surface area contributed by atoms with Gasteiger partial charge in [-0.25, -0.2) is 0 Å². The molecule has 0 unspecified atom stereocenters. The topological polar surface area (TPSA) is 67.9 Å². The lowest BCUT2D eigenvalue weighted by Gasteiger charge is -2.34. The van der Waals surface area contributed by atoms with Gasteiger partial charge >= 0.3 is 15.5 Å². The van der Waals surface area contributed by atoms with Crippen molar-refractivity contribution in [3.05, 3.63) is 96.1 Å². The number of hydrogen-bond acceptors (Lipinski definition) is 5. The summed E-state index contributed by atoms with van der Waals surface area (Å²) in [5.74, 6) is 0.0558. The van der Waals surface area contributed by atoms with Gasteiger partial charge in [0.25, 0.3) is 0 Å². The lowest BCUT2D eigenvalue weighted by atomic mass is 10.00. The number of rotatable bonds is 11. The van der Waals surface area contributed by atoms with Crippen LogP contribution in [0, 0.1) is 0 Å². The molecule has 1 heterocycles. The Morgan fingerprint density at radius 2 is 1.42 bits per heavy atom. The Labute approximate surface area is 221 Å². The molecule has 0 bridgehead atoms. The monoisotopic (exact) mass is 548 g/mol. The first-order valence-electron chi connectivity index (χ1n) is 12.5. The van der Waals surface area contributed by atoms with E-state index in [9.17, 15) is 21.6 Å². The molecule has 0 radical (unpaired) electrons. The van der Waals surface area contributed by atoms with E-state index in [1.165, 1.54) is 18.2 Å². The summed E-state index contributed by atoms with van der Waals surface area (Å²) in [5, 5.41) is 0. The number of likely N-dealkylation sites (tertiary alicyclic amines) is 1. The van der Waals surface area contributed by atoms with Crippen molar-refractivity contribution in [3.63, 3.8) is 0 Å². The van der Waals surface area contributed by atoms with E-state index in [0.29, 0.717) is 6.42 Å². The second-order valence-electron chi connectivity index (χ2n) is 9.13. The van der Waals surface area contributed by atoms with Crippen molar-refractivity contribution < 1.29 is 31.1 Å². The maximum Gasteiger partial charge on any atom is 0.516 e. The van der Waals surface area contributed by atoms with E-state index >= 15 is 0 Å². The SMILES string of the molecule is O=S(=O)(Nc1ccccc1OCCCN1CCC(OC(c2ccccc2)c2ccccc2)CC1)C(F)(F)F. The standard InChI is InChI=1S/C28H31F3N2O4S/c29-28(30,31)38(34,35)32-25-14-7-8-15-26(25)36-21-9-18-33-19-16-24(17-20-33)37-27(22-10-3-1-4-11-22)23-12-5-2-6-13-23/h1-8,10-15,24,27,32H,9,16-21H2. The van der Waals surface area contributed by atoms with Crippen LogP contribution in [0.5, 0.6) is 5.75 Å². The highest BCUT2D eigenvalue weighted by Gasteiger charge is 2.46. The molecular weight excluding hydrogens is 517 g/mol. The Balaban J connectivity index is 1.24. The fourth-order valence-corrected chi connectivity index (χ4v) is 4.99. The van der Waals surface area contributed by atoms with Gasteiger partial charge in [0.05, 0.1) is 18.4 Å². The number of ether oxygens (including phenoxy) is 2. The second-order valence-corrected chi connectivity index (χ2v) is 10.8. The third-order valence-corrected chi connectivity index (χ3v) is 7.48. The van der Waals surface area contributed by atoms with Crippen molar-refractivity contribution in [2.45, 2.75) is 37.0 Å². The summed E-state index contributed by atoms with van der Waals surface area (Å²) in [6.07, 6.45) is 2.42. The molecule has 1 fully saturated rings. The Bertz CT molecular complexity index is 1210. The number of halogens is 3. The summed E-state index contributed by atoms with van der Waals surface area (Å²) in [5.41, 5.74) is -3.40. The first kappa shape index (κ1) is 27.9. The van der Waals surface area contributed by atoms with Crippen LogP contribution in [0.15, 0.2) is 84.9 Å². The highest BCUT2D eigenvalue weighted by molar-refractivity contribution is 7.93. The predicted octanol–water partition coefficient (Wildman–Crippen LogP) is 5.99. The van der Waals surface area contributed by atoms with Gasteiger partial charge in [-0.2, -0.15) is 21.6 Å². The molecule has 3 aromatic rings. The van der Waals surface area contributed by atoms with E-state index in [4.69, 9.17) is 9.47 Å². The van der Waals surface area contributed by atoms with Gasteiger partial charge in [-0.15, -0.1) is 0 Å². The molecule has 1 aliphatic heterocycles. The number of piperidine rings is 1. The molecule has 1 N–H and O–H groups in total. The molecule has 0 atom stereocenters. The van der Waals surface area contributed by atoms with E-state index in [-0.39, 0.29) is 30.3 Å². The lowest BCUT2D eigenvalue weighted by Crippen LogP contribution is -2.38. The van der Waals surface area contributed by atoms with Crippen LogP contribution in [-0.2, 0) is 14.8 Å². The number of alkyl halides is 3. The zero-order valence-electron chi connectivity index (χ0n) is 20.8. The molecule has 10 heteroatoms. The van der Waals surface area contributed by atoms with Gasteiger partial charge in [-0.1, -0.05) is 72.8 Å². The number of para-hydroxylation sites is 2. The molecule has 1 saturated heterocycles. The van der Waals surface area contributed by atoms with E-state index in [1.807, 2.05) is 36.4 Å². The van der Waals surface area contributed by atoms with Gasteiger partial charge in [0, 0.05) is 19.6 Å². The Kier molecular flexibility index (Phi) is 9.30. The summed E-state index contributed by atoms with van der Waals surface area (Å²) in [7, 11) is -5.52. The van der Waals surface area contributed by atoms with Crippen LogP contribution < -0.4 is 9.46 Å². The van der Waals surface area contributed by atoms with Gasteiger partial charge in [-0.3, -0.25) is 4.72 Å². The first-order chi connectivity index (χ1) is 18.2. The van der Waals surface area contributed by atoms with Crippen LogP contribution in [0.25, 0.3) is 0 Å². The van der Waals surface area contributed by atoms with Crippen molar-refractivity contribution in [1.29, 1.82) is 0 Å². The summed E-state index contributed by atoms with van der Waals surface area (Å²) in [6, 6.07) is 26.1. The molecule has 4 rings (SSSR count). The van der Waals surface area contributed by atoms with Crippen LogP contribution in [0.4, 0.5) is 18.9 Å². The van der Waals surface area contributed by atoms with Crippen molar-refractivity contribution in [3.8, 4) is 5.75 Å². The summed E-state index contributed by atoms with van der Waals surface area (Å²) < 4.78 is 74.9. The molecule has 0 amide bonds. The van der Waals surface area contributed by atoms with Crippen molar-refractivity contribution in [2.24, 2.45) is 0 Å². The number of benzene rings is 3. The zero-order valence-corrected chi connectivity index (χ0v) is 21.6. The van der Waals surface area contributed by atoms with E-state index < -0.39 is 15.5 Å². The molecule has 1 aliphatic rings. The number of anilines is 1. The van der Waals surface area contributed by atoms with Gasteiger partial charge in [-0.05, 0) is 42.5 Å². The van der Waals surface area contributed by atoms with E-state index in [2.05, 4.69) is 29.2 Å². The molecular formula is C28H31F3N2O4S. The van der Waals surface area contributed by atoms with Gasteiger partial charge in [0.15, 0.2) is 0 Å². The van der Waals surface area contributed by atoms with Crippen molar-refractivity contribution >= 4 is 15.7 Å². The number of hydrogen-bond donors (Lipinski definition) is 1. The summed E-state index contributed by atoms with van der Waals surface area (Å²) >= 11 is 0. The molecule has 38 heavy (non-hydrogen) atoms. The minimum absolute atomic E-state index is 0.0558. The maximum absolute atomic E-state index is 12.7. The normalized spacial score (nSPS) is 15.5. The van der Waals surface area contributed by atoms with Crippen LogP contribution in [0.2, 0.25) is 0 Å². The highest BCUT2D eigenvalue weighted by atomic mass is 32.2. The molecule has 204 valence electrons. The van der Waals surface area contributed by atoms with Crippen molar-refractivity contribution in [1.82, 2.24) is 4.90 Å². The summed E-state index contributed by atoms with van der Waals surface area (Å²) in [4.78, 5) is 2.31. The molecule has 0 saturated carbocycles. The second kappa shape index (κ2) is 12.6. The minimum Gasteiger partial charge on any atom is -0.491 e. The molecule has 0 spiro atoms. The van der Waals surface area contributed by atoms with E-state index in [1.54, 1.807) is 10.8 Å². The predicted molar refractivity (Wildman–Crippen MR) is 140 cm³/mol. The molecule has 6 nitrogen and oxygen atoms in total. The highest BCUT2D eigenvalue weighted by Crippen LogP contribution is 2.31.